The van der Waals surface area contributed by atoms with Gasteiger partial charge in [-0.2, -0.15) is 0 Å². The van der Waals surface area contributed by atoms with E-state index in [9.17, 15) is 4.79 Å². The lowest BCUT2D eigenvalue weighted by Crippen LogP contribution is -2.54. The van der Waals surface area contributed by atoms with Crippen molar-refractivity contribution in [2.45, 2.75) is 56.6 Å². The Morgan fingerprint density at radius 1 is 0.872 bits per heavy atom. The lowest BCUT2D eigenvalue weighted by atomic mass is 9.82. The van der Waals surface area contributed by atoms with Crippen LogP contribution in [0.1, 0.15) is 61.3 Å². The predicted molar refractivity (Wildman–Crippen MR) is 189 cm³/mol. The van der Waals surface area contributed by atoms with Gasteiger partial charge >= 0.3 is 0 Å². The quantitative estimate of drug-likeness (QED) is 0.0991. The van der Waals surface area contributed by atoms with Crippen LogP contribution in [0.4, 0.5) is 0 Å². The van der Waals surface area contributed by atoms with Crippen molar-refractivity contribution >= 4 is 27.7 Å². The van der Waals surface area contributed by atoms with Gasteiger partial charge in [-0.15, -0.1) is 0 Å². The van der Waals surface area contributed by atoms with Gasteiger partial charge in [-0.05, 0) is 71.3 Å². The molecule has 0 unspecified atom stereocenters. The first-order valence-corrected chi connectivity index (χ1v) is 17.4. The molecule has 1 saturated carbocycles. The molecule has 4 aromatic rings. The molecule has 1 amide bonds. The van der Waals surface area contributed by atoms with E-state index in [-0.39, 0.29) is 12.5 Å². The highest BCUT2D eigenvalue weighted by Gasteiger charge is 2.53. The van der Waals surface area contributed by atoms with Gasteiger partial charge in [0.2, 0.25) is 5.90 Å². The van der Waals surface area contributed by atoms with E-state index in [2.05, 4.69) is 51.0 Å². The standard InChI is InChI=1S/C39H42BrN3O4/c40-35-15-8-7-14-33(35)26-39(38(45)43-41-27-28-10-3-1-4-11-28)36(31-18-16-30(17-19-31)29-12-5-2-6-13-29)47-37(42-39)32-20-22-34(23-21-32)46-25-9-24-44/h2,5-8,12-23,28,36,41,44H,1,3-4,9-11,24-27H2,(H,43,45)/t36-,39-/m0/s1. The Bertz CT molecular complexity index is 1640. The predicted octanol–water partition coefficient (Wildman–Crippen LogP) is 7.58. The maximum absolute atomic E-state index is 14.6. The van der Waals surface area contributed by atoms with Gasteiger partial charge < -0.3 is 14.6 Å². The number of amides is 1. The fourth-order valence-electron chi connectivity index (χ4n) is 6.47. The average Bonchev–Trinajstić information content (AvgIpc) is 3.51. The molecule has 6 rings (SSSR count). The molecule has 244 valence electrons. The topological polar surface area (TPSA) is 92.2 Å². The Hall–Kier alpha value is -3.98. The van der Waals surface area contributed by atoms with Crippen LogP contribution in [0.5, 0.6) is 5.75 Å². The first-order chi connectivity index (χ1) is 23.1. The number of aliphatic imine (C=N–C) groups is 1. The molecule has 1 aliphatic heterocycles. The molecule has 0 spiro atoms. The molecule has 2 atom stereocenters. The van der Waals surface area contributed by atoms with Gasteiger partial charge in [0, 0.05) is 36.0 Å². The highest BCUT2D eigenvalue weighted by Crippen LogP contribution is 2.43. The number of hydrogen-bond acceptors (Lipinski definition) is 6. The molecule has 7 nitrogen and oxygen atoms in total. The Balaban J connectivity index is 1.36. The van der Waals surface area contributed by atoms with Crippen LogP contribution in [0.15, 0.2) is 113 Å². The molecule has 2 aliphatic rings. The molecule has 0 bridgehead atoms. The normalized spacial score (nSPS) is 19.5. The largest absolute Gasteiger partial charge is 0.494 e. The molecular formula is C39H42BrN3O4. The van der Waals surface area contributed by atoms with E-state index in [0.29, 0.717) is 37.0 Å². The number of ether oxygens (including phenoxy) is 2. The SMILES string of the molecule is O=C(NNCC1CCCCC1)[C@@]1(Cc2ccccc2Br)N=C(c2ccc(OCCCO)cc2)O[C@H]1c1ccc(-c2ccccc2)cc1. The zero-order valence-corrected chi connectivity index (χ0v) is 28.1. The summed E-state index contributed by atoms with van der Waals surface area (Å²) in [6.07, 6.45) is 6.30. The number of hydrazine groups is 1. The number of halogens is 1. The summed E-state index contributed by atoms with van der Waals surface area (Å²) < 4.78 is 13.4. The Morgan fingerprint density at radius 3 is 2.28 bits per heavy atom. The smallest absolute Gasteiger partial charge is 0.266 e. The number of benzene rings is 4. The van der Waals surface area contributed by atoms with Crippen LogP contribution in [-0.2, 0) is 16.0 Å². The summed E-state index contributed by atoms with van der Waals surface area (Å²) in [5, 5.41) is 9.11. The van der Waals surface area contributed by atoms with Crippen molar-refractivity contribution in [3.8, 4) is 16.9 Å². The number of nitrogens with zero attached hydrogens (tertiary/aromatic N) is 1. The second-order valence-electron chi connectivity index (χ2n) is 12.4. The zero-order chi connectivity index (χ0) is 32.5. The summed E-state index contributed by atoms with van der Waals surface area (Å²) in [5.74, 6) is 1.40. The van der Waals surface area contributed by atoms with E-state index in [1.165, 1.54) is 32.1 Å². The van der Waals surface area contributed by atoms with E-state index >= 15 is 0 Å². The van der Waals surface area contributed by atoms with Crippen molar-refractivity contribution < 1.29 is 19.4 Å². The number of aliphatic hydroxyl groups is 1. The molecule has 1 aliphatic carbocycles. The summed E-state index contributed by atoms with van der Waals surface area (Å²) in [4.78, 5) is 19.7. The van der Waals surface area contributed by atoms with Crippen molar-refractivity contribution in [2.24, 2.45) is 10.9 Å². The Morgan fingerprint density at radius 2 is 1.55 bits per heavy atom. The van der Waals surface area contributed by atoms with E-state index in [1.54, 1.807) is 0 Å². The first-order valence-electron chi connectivity index (χ1n) is 16.6. The van der Waals surface area contributed by atoms with Crippen molar-refractivity contribution in [1.29, 1.82) is 0 Å². The van der Waals surface area contributed by atoms with Crippen LogP contribution in [0, 0.1) is 5.92 Å². The molecule has 0 saturated heterocycles. The third kappa shape index (κ3) is 7.95. The van der Waals surface area contributed by atoms with Crippen molar-refractivity contribution in [3.63, 3.8) is 0 Å². The molecule has 3 N–H and O–H groups in total. The summed E-state index contributed by atoms with van der Waals surface area (Å²) in [6, 6.07) is 34.0. The number of hydrogen-bond donors (Lipinski definition) is 3. The fourth-order valence-corrected chi connectivity index (χ4v) is 6.90. The average molecular weight is 697 g/mol. The molecule has 47 heavy (non-hydrogen) atoms. The van der Waals surface area contributed by atoms with Gasteiger partial charge in [0.1, 0.15) is 5.75 Å². The van der Waals surface area contributed by atoms with Crippen LogP contribution >= 0.6 is 15.9 Å². The van der Waals surface area contributed by atoms with Crippen molar-refractivity contribution in [3.05, 3.63) is 124 Å². The molecule has 1 heterocycles. The summed E-state index contributed by atoms with van der Waals surface area (Å²) >= 11 is 3.72. The monoisotopic (exact) mass is 695 g/mol. The highest BCUT2D eigenvalue weighted by atomic mass is 79.9. The number of rotatable bonds is 13. The van der Waals surface area contributed by atoms with Crippen LogP contribution < -0.4 is 15.6 Å². The minimum atomic E-state index is -1.30. The summed E-state index contributed by atoms with van der Waals surface area (Å²) in [7, 11) is 0. The summed E-state index contributed by atoms with van der Waals surface area (Å²) in [5.41, 5.74) is 9.82. The Kier molecular flexibility index (Phi) is 11.0. The van der Waals surface area contributed by atoms with Gasteiger partial charge in [0.05, 0.1) is 6.61 Å². The number of carbonyl (C=O) groups is 1. The first kappa shape index (κ1) is 32.9. The molecule has 1 fully saturated rings. The van der Waals surface area contributed by atoms with Gasteiger partial charge in [-0.3, -0.25) is 10.2 Å². The lowest BCUT2D eigenvalue weighted by Gasteiger charge is -2.31. The van der Waals surface area contributed by atoms with Gasteiger partial charge in [-0.25, -0.2) is 10.4 Å². The van der Waals surface area contributed by atoms with Gasteiger partial charge in [-0.1, -0.05) is 108 Å². The second kappa shape index (κ2) is 15.7. The van der Waals surface area contributed by atoms with Crippen molar-refractivity contribution in [2.75, 3.05) is 19.8 Å². The lowest BCUT2D eigenvalue weighted by molar-refractivity contribution is -0.130. The number of aliphatic hydroxyl groups excluding tert-OH is 1. The van der Waals surface area contributed by atoms with Gasteiger partial charge in [0.15, 0.2) is 11.6 Å². The third-order valence-electron chi connectivity index (χ3n) is 9.09. The minimum Gasteiger partial charge on any atom is -0.494 e. The van der Waals surface area contributed by atoms with E-state index in [4.69, 9.17) is 19.6 Å². The Labute approximate surface area is 285 Å². The van der Waals surface area contributed by atoms with Crippen LogP contribution in [0.3, 0.4) is 0 Å². The minimum absolute atomic E-state index is 0.0770. The highest BCUT2D eigenvalue weighted by molar-refractivity contribution is 9.10. The van der Waals surface area contributed by atoms with E-state index < -0.39 is 11.6 Å². The number of nitrogens with one attached hydrogen (secondary N) is 2. The van der Waals surface area contributed by atoms with Crippen LogP contribution in [0.25, 0.3) is 11.1 Å². The van der Waals surface area contributed by atoms with Crippen LogP contribution in [0.2, 0.25) is 0 Å². The molecule has 0 radical (unpaired) electrons. The van der Waals surface area contributed by atoms with Crippen molar-refractivity contribution in [1.82, 2.24) is 10.9 Å². The molecule has 8 heteroatoms. The maximum Gasteiger partial charge on any atom is 0.266 e. The summed E-state index contributed by atoms with van der Waals surface area (Å²) in [6.45, 7) is 1.23. The molecule has 0 aromatic heterocycles. The van der Waals surface area contributed by atoms with E-state index in [0.717, 1.165) is 38.8 Å². The molecular weight excluding hydrogens is 654 g/mol. The second-order valence-corrected chi connectivity index (χ2v) is 13.2. The van der Waals surface area contributed by atoms with E-state index in [1.807, 2.05) is 78.9 Å². The maximum atomic E-state index is 14.6. The number of carbonyl (C=O) groups excluding carboxylic acids is 1. The zero-order valence-electron chi connectivity index (χ0n) is 26.5. The third-order valence-corrected chi connectivity index (χ3v) is 9.86. The fraction of sp³-hybridized carbons (Fsp3) is 0.333. The molecule has 4 aromatic carbocycles. The van der Waals surface area contributed by atoms with Crippen LogP contribution in [-0.4, -0.2) is 42.2 Å². The van der Waals surface area contributed by atoms with Gasteiger partial charge in [0.25, 0.3) is 5.91 Å².